The van der Waals surface area contributed by atoms with Crippen molar-refractivity contribution in [1.82, 2.24) is 15.0 Å². The van der Waals surface area contributed by atoms with Gasteiger partial charge in [-0.2, -0.15) is 0 Å². The minimum Gasteiger partial charge on any atom is -0.208 e. The third-order valence-corrected chi connectivity index (χ3v) is 5.02. The molecule has 29 heavy (non-hydrogen) atoms. The van der Waals surface area contributed by atoms with Gasteiger partial charge in [-0.1, -0.05) is 96.5 Å². The van der Waals surface area contributed by atoms with Gasteiger partial charge in [-0.3, -0.25) is 0 Å². The lowest BCUT2D eigenvalue weighted by Gasteiger charge is -2.10. The van der Waals surface area contributed by atoms with Crippen LogP contribution in [0.15, 0.2) is 97.1 Å². The SMILES string of the molecule is Clc1ccc2cccc(-c3nc(-c4ccccc4)nc(-c4ccccc4)n3)c2c1. The summed E-state index contributed by atoms with van der Waals surface area (Å²) in [4.78, 5) is 14.4. The monoisotopic (exact) mass is 393 g/mol. The second kappa shape index (κ2) is 7.46. The summed E-state index contributed by atoms with van der Waals surface area (Å²) in [6, 6.07) is 31.9. The molecule has 1 heterocycles. The zero-order chi connectivity index (χ0) is 19.6. The van der Waals surface area contributed by atoms with Crippen LogP contribution in [0.2, 0.25) is 5.02 Å². The lowest BCUT2D eigenvalue weighted by Crippen LogP contribution is -2.00. The van der Waals surface area contributed by atoms with Crippen LogP contribution in [0, 0.1) is 0 Å². The maximum absolute atomic E-state index is 6.28. The second-order valence-electron chi connectivity index (χ2n) is 6.71. The molecule has 0 atom stereocenters. The van der Waals surface area contributed by atoms with Gasteiger partial charge in [-0.25, -0.2) is 15.0 Å². The van der Waals surface area contributed by atoms with E-state index in [-0.39, 0.29) is 0 Å². The number of fused-ring (bicyclic) bond motifs is 1. The van der Waals surface area contributed by atoms with Gasteiger partial charge in [0.15, 0.2) is 17.5 Å². The smallest absolute Gasteiger partial charge is 0.164 e. The summed E-state index contributed by atoms with van der Waals surface area (Å²) in [5.41, 5.74) is 2.83. The number of halogens is 1. The molecule has 0 amide bonds. The maximum atomic E-state index is 6.28. The molecular formula is C25H16ClN3. The zero-order valence-electron chi connectivity index (χ0n) is 15.5. The van der Waals surface area contributed by atoms with Gasteiger partial charge in [0.25, 0.3) is 0 Å². The Labute approximate surface area is 173 Å². The molecule has 0 radical (unpaired) electrons. The fourth-order valence-electron chi connectivity index (χ4n) is 3.37. The van der Waals surface area contributed by atoms with Crippen molar-refractivity contribution in [3.8, 4) is 34.2 Å². The third kappa shape index (κ3) is 3.48. The predicted octanol–water partition coefficient (Wildman–Crippen LogP) is 6.68. The molecule has 0 bridgehead atoms. The van der Waals surface area contributed by atoms with Crippen LogP contribution in [0.25, 0.3) is 44.9 Å². The first kappa shape index (κ1) is 17.5. The quantitative estimate of drug-likeness (QED) is 0.343. The average molecular weight is 394 g/mol. The van der Waals surface area contributed by atoms with Crippen LogP contribution >= 0.6 is 11.6 Å². The van der Waals surface area contributed by atoms with Crippen molar-refractivity contribution in [3.05, 3.63) is 102 Å². The van der Waals surface area contributed by atoms with Crippen LogP contribution in [-0.2, 0) is 0 Å². The molecule has 0 saturated heterocycles. The fraction of sp³-hybridized carbons (Fsp3) is 0. The average Bonchev–Trinajstić information content (AvgIpc) is 2.79. The van der Waals surface area contributed by atoms with E-state index in [0.29, 0.717) is 22.5 Å². The van der Waals surface area contributed by atoms with Crippen molar-refractivity contribution >= 4 is 22.4 Å². The Balaban J connectivity index is 1.78. The Morgan fingerprint density at radius 1 is 0.517 bits per heavy atom. The van der Waals surface area contributed by atoms with E-state index >= 15 is 0 Å². The van der Waals surface area contributed by atoms with E-state index in [2.05, 4.69) is 6.07 Å². The molecule has 4 heteroatoms. The molecule has 0 spiro atoms. The standard InChI is InChI=1S/C25H16ClN3/c26-20-15-14-17-12-7-13-21(22(17)16-20)25-28-23(18-8-3-1-4-9-18)27-24(29-25)19-10-5-2-6-11-19/h1-16H. The van der Waals surface area contributed by atoms with Gasteiger partial charge < -0.3 is 0 Å². The number of nitrogens with zero attached hydrogens (tertiary/aromatic N) is 3. The molecule has 5 aromatic rings. The van der Waals surface area contributed by atoms with Crippen LogP contribution < -0.4 is 0 Å². The van der Waals surface area contributed by atoms with Crippen molar-refractivity contribution in [2.45, 2.75) is 0 Å². The number of aromatic nitrogens is 3. The summed E-state index contributed by atoms with van der Waals surface area (Å²) < 4.78 is 0. The first-order valence-corrected chi connectivity index (χ1v) is 9.71. The summed E-state index contributed by atoms with van der Waals surface area (Å²) in [6.45, 7) is 0. The molecule has 0 aliphatic rings. The highest BCUT2D eigenvalue weighted by Gasteiger charge is 2.14. The van der Waals surface area contributed by atoms with Gasteiger partial charge in [0.05, 0.1) is 0 Å². The minimum absolute atomic E-state index is 0.630. The summed E-state index contributed by atoms with van der Waals surface area (Å²) >= 11 is 6.28. The third-order valence-electron chi connectivity index (χ3n) is 4.78. The van der Waals surface area contributed by atoms with Crippen molar-refractivity contribution < 1.29 is 0 Å². The highest BCUT2D eigenvalue weighted by molar-refractivity contribution is 6.31. The van der Waals surface area contributed by atoms with Crippen LogP contribution in [0.3, 0.4) is 0 Å². The minimum atomic E-state index is 0.630. The first-order valence-electron chi connectivity index (χ1n) is 9.33. The highest BCUT2D eigenvalue weighted by Crippen LogP contribution is 2.31. The normalized spacial score (nSPS) is 10.9. The van der Waals surface area contributed by atoms with Crippen LogP contribution in [0.4, 0.5) is 0 Å². The van der Waals surface area contributed by atoms with Crippen molar-refractivity contribution in [2.24, 2.45) is 0 Å². The van der Waals surface area contributed by atoms with Gasteiger partial charge in [0.1, 0.15) is 0 Å². The topological polar surface area (TPSA) is 38.7 Å². The summed E-state index contributed by atoms with van der Waals surface area (Å²) in [5.74, 6) is 1.92. The highest BCUT2D eigenvalue weighted by atomic mass is 35.5. The van der Waals surface area contributed by atoms with E-state index in [9.17, 15) is 0 Å². The Bertz CT molecular complexity index is 1240. The molecule has 0 aliphatic heterocycles. The number of hydrogen-bond donors (Lipinski definition) is 0. The molecular weight excluding hydrogens is 378 g/mol. The Hall–Kier alpha value is -3.56. The molecule has 0 unspecified atom stereocenters. The summed E-state index contributed by atoms with van der Waals surface area (Å²) in [6.07, 6.45) is 0. The van der Waals surface area contributed by atoms with Crippen LogP contribution in [0.5, 0.6) is 0 Å². The van der Waals surface area contributed by atoms with Gasteiger partial charge in [-0.15, -0.1) is 0 Å². The van der Waals surface area contributed by atoms with E-state index in [1.165, 1.54) is 0 Å². The molecule has 0 fully saturated rings. The molecule has 138 valence electrons. The molecule has 3 nitrogen and oxygen atoms in total. The van der Waals surface area contributed by atoms with E-state index in [1.54, 1.807) is 0 Å². The lowest BCUT2D eigenvalue weighted by atomic mass is 10.0. The Morgan fingerprint density at radius 2 is 1.10 bits per heavy atom. The van der Waals surface area contributed by atoms with E-state index in [0.717, 1.165) is 27.5 Å². The van der Waals surface area contributed by atoms with Gasteiger partial charge in [0.2, 0.25) is 0 Å². The van der Waals surface area contributed by atoms with Crippen molar-refractivity contribution in [1.29, 1.82) is 0 Å². The van der Waals surface area contributed by atoms with E-state index < -0.39 is 0 Å². The molecule has 0 N–H and O–H groups in total. The zero-order valence-corrected chi connectivity index (χ0v) is 16.2. The largest absolute Gasteiger partial charge is 0.208 e. The van der Waals surface area contributed by atoms with E-state index in [4.69, 9.17) is 26.6 Å². The molecule has 0 saturated carbocycles. The number of benzene rings is 4. The maximum Gasteiger partial charge on any atom is 0.164 e. The van der Waals surface area contributed by atoms with Crippen LogP contribution in [-0.4, -0.2) is 15.0 Å². The number of hydrogen-bond acceptors (Lipinski definition) is 3. The Morgan fingerprint density at radius 3 is 1.72 bits per heavy atom. The Kier molecular flexibility index (Phi) is 4.51. The molecule has 0 aliphatic carbocycles. The van der Waals surface area contributed by atoms with Crippen LogP contribution in [0.1, 0.15) is 0 Å². The van der Waals surface area contributed by atoms with Gasteiger partial charge in [0, 0.05) is 21.7 Å². The first-order chi connectivity index (χ1) is 14.3. The van der Waals surface area contributed by atoms with Gasteiger partial charge >= 0.3 is 0 Å². The molecule has 1 aromatic heterocycles. The fourth-order valence-corrected chi connectivity index (χ4v) is 3.54. The molecule has 5 rings (SSSR count). The predicted molar refractivity (Wildman–Crippen MR) is 119 cm³/mol. The number of rotatable bonds is 3. The van der Waals surface area contributed by atoms with Crippen molar-refractivity contribution in [3.63, 3.8) is 0 Å². The molecule has 4 aromatic carbocycles. The van der Waals surface area contributed by atoms with Gasteiger partial charge in [-0.05, 0) is 22.9 Å². The second-order valence-corrected chi connectivity index (χ2v) is 7.15. The summed E-state index contributed by atoms with van der Waals surface area (Å²) in [7, 11) is 0. The van der Waals surface area contributed by atoms with Crippen molar-refractivity contribution in [2.75, 3.05) is 0 Å². The van der Waals surface area contributed by atoms with E-state index in [1.807, 2.05) is 91.0 Å². The lowest BCUT2D eigenvalue weighted by molar-refractivity contribution is 1.08. The summed E-state index contributed by atoms with van der Waals surface area (Å²) in [5, 5.41) is 2.80.